The van der Waals surface area contributed by atoms with Crippen molar-refractivity contribution in [2.24, 2.45) is 4.99 Å². The molecule has 0 unspecified atom stereocenters. The minimum Gasteiger partial charge on any atom is -0.356 e. The minimum absolute atomic E-state index is 0.0258. The highest BCUT2D eigenvalue weighted by molar-refractivity contribution is 7.09. The van der Waals surface area contributed by atoms with E-state index in [2.05, 4.69) is 38.5 Å². The molecule has 2 rings (SSSR count). The lowest BCUT2D eigenvalue weighted by atomic mass is 10.1. The summed E-state index contributed by atoms with van der Waals surface area (Å²) in [6.45, 7) is 4.19. The summed E-state index contributed by atoms with van der Waals surface area (Å²) in [6, 6.07) is 11.9. The highest BCUT2D eigenvalue weighted by Gasteiger charge is 2.06. The zero-order chi connectivity index (χ0) is 17.9. The second-order valence-electron chi connectivity index (χ2n) is 5.64. The summed E-state index contributed by atoms with van der Waals surface area (Å²) in [6.07, 6.45) is 1.91. The number of aliphatic imine (C=N–C) groups is 1. The van der Waals surface area contributed by atoms with Crippen LogP contribution >= 0.6 is 11.3 Å². The first kappa shape index (κ1) is 19.0. The molecule has 134 valence electrons. The molecule has 0 aliphatic carbocycles. The largest absolute Gasteiger partial charge is 0.356 e. The Balaban J connectivity index is 1.81. The summed E-state index contributed by atoms with van der Waals surface area (Å²) >= 11 is 1.76. The molecule has 1 aromatic carbocycles. The zero-order valence-corrected chi connectivity index (χ0v) is 15.7. The number of carbonyl (C=O) groups is 1. The molecular formula is C19H26N4OS. The molecule has 5 nitrogen and oxygen atoms in total. The second-order valence-corrected chi connectivity index (χ2v) is 6.67. The molecule has 0 aliphatic heterocycles. The van der Waals surface area contributed by atoms with Gasteiger partial charge in [0.05, 0.1) is 0 Å². The molecule has 1 heterocycles. The number of hydrogen-bond acceptors (Lipinski definition) is 3. The number of benzene rings is 1. The molecule has 1 amide bonds. The molecular weight excluding hydrogens is 332 g/mol. The van der Waals surface area contributed by atoms with Crippen LogP contribution in [-0.2, 0) is 13.0 Å². The fourth-order valence-corrected chi connectivity index (χ4v) is 3.04. The van der Waals surface area contributed by atoms with Crippen LogP contribution in [-0.4, -0.2) is 32.0 Å². The van der Waals surface area contributed by atoms with E-state index in [1.54, 1.807) is 18.4 Å². The third-order valence-electron chi connectivity index (χ3n) is 3.65. The number of hydrogen-bond donors (Lipinski definition) is 3. The van der Waals surface area contributed by atoms with Crippen molar-refractivity contribution in [3.05, 3.63) is 57.8 Å². The van der Waals surface area contributed by atoms with Crippen LogP contribution in [0.2, 0.25) is 0 Å². The standard InChI is InChI=1S/C19H26N4OS/c1-3-10-21-18(24)16-7-4-6-15(13-16)14-23-19(20-2)22-11-9-17-8-5-12-25-17/h4-8,12-13H,3,9-11,14H2,1-2H3,(H,21,24)(H2,20,22,23). The van der Waals surface area contributed by atoms with Crippen LogP contribution in [0.15, 0.2) is 46.8 Å². The van der Waals surface area contributed by atoms with Gasteiger partial charge in [-0.3, -0.25) is 9.79 Å². The van der Waals surface area contributed by atoms with Crippen molar-refractivity contribution in [3.63, 3.8) is 0 Å². The third-order valence-corrected chi connectivity index (χ3v) is 4.59. The number of nitrogens with one attached hydrogen (secondary N) is 3. The molecule has 1 aromatic heterocycles. The van der Waals surface area contributed by atoms with Crippen molar-refractivity contribution >= 4 is 23.2 Å². The van der Waals surface area contributed by atoms with E-state index >= 15 is 0 Å². The van der Waals surface area contributed by atoms with E-state index in [4.69, 9.17) is 0 Å². The first-order valence-corrected chi connectivity index (χ1v) is 9.45. The van der Waals surface area contributed by atoms with Crippen LogP contribution in [0.1, 0.15) is 34.1 Å². The minimum atomic E-state index is -0.0258. The van der Waals surface area contributed by atoms with Gasteiger partial charge in [-0.2, -0.15) is 0 Å². The summed E-state index contributed by atoms with van der Waals surface area (Å²) in [5.74, 6) is 0.736. The topological polar surface area (TPSA) is 65.5 Å². The molecule has 0 spiro atoms. The van der Waals surface area contributed by atoms with Crippen molar-refractivity contribution in [1.29, 1.82) is 0 Å². The van der Waals surface area contributed by atoms with Crippen LogP contribution in [0.5, 0.6) is 0 Å². The van der Waals surface area contributed by atoms with E-state index in [-0.39, 0.29) is 5.91 Å². The van der Waals surface area contributed by atoms with E-state index in [1.807, 2.05) is 31.2 Å². The number of nitrogens with zero attached hydrogens (tertiary/aromatic N) is 1. The summed E-state index contributed by atoms with van der Waals surface area (Å²) in [7, 11) is 1.76. The van der Waals surface area contributed by atoms with E-state index in [0.717, 1.165) is 30.9 Å². The summed E-state index contributed by atoms with van der Waals surface area (Å²) in [4.78, 5) is 17.6. The van der Waals surface area contributed by atoms with Gasteiger partial charge in [0.1, 0.15) is 0 Å². The average Bonchev–Trinajstić information content (AvgIpc) is 3.16. The molecule has 0 saturated carbocycles. The Kier molecular flexibility index (Phi) is 7.98. The average molecular weight is 359 g/mol. The lowest BCUT2D eigenvalue weighted by molar-refractivity contribution is 0.0953. The van der Waals surface area contributed by atoms with Crippen LogP contribution in [0.25, 0.3) is 0 Å². The molecule has 0 saturated heterocycles. The van der Waals surface area contributed by atoms with Gasteiger partial charge in [0.2, 0.25) is 0 Å². The Morgan fingerprint density at radius 3 is 2.72 bits per heavy atom. The number of amides is 1. The van der Waals surface area contributed by atoms with Crippen molar-refractivity contribution < 1.29 is 4.79 Å². The highest BCUT2D eigenvalue weighted by Crippen LogP contribution is 2.08. The maximum absolute atomic E-state index is 12.0. The van der Waals surface area contributed by atoms with Crippen LogP contribution in [0, 0.1) is 0 Å². The van der Waals surface area contributed by atoms with Crippen molar-refractivity contribution in [1.82, 2.24) is 16.0 Å². The SMILES string of the molecule is CCCNC(=O)c1cccc(CNC(=NC)NCCc2cccs2)c1. The van der Waals surface area contributed by atoms with Gasteiger partial charge in [-0.1, -0.05) is 25.1 Å². The van der Waals surface area contributed by atoms with E-state index in [9.17, 15) is 4.79 Å². The normalized spacial score (nSPS) is 11.2. The van der Waals surface area contributed by atoms with Crippen molar-refractivity contribution in [3.8, 4) is 0 Å². The van der Waals surface area contributed by atoms with Gasteiger partial charge >= 0.3 is 0 Å². The molecule has 2 aromatic rings. The first-order valence-electron chi connectivity index (χ1n) is 8.57. The van der Waals surface area contributed by atoms with Gasteiger partial charge in [0, 0.05) is 37.1 Å². The molecule has 3 N–H and O–H groups in total. The molecule has 0 bridgehead atoms. The van der Waals surface area contributed by atoms with E-state index in [1.165, 1.54) is 4.88 Å². The van der Waals surface area contributed by atoms with Crippen molar-refractivity contribution in [2.75, 3.05) is 20.1 Å². The number of thiophene rings is 1. The molecule has 0 radical (unpaired) electrons. The fraction of sp³-hybridized carbons (Fsp3) is 0.368. The Morgan fingerprint density at radius 2 is 2.00 bits per heavy atom. The summed E-state index contributed by atoms with van der Waals surface area (Å²) in [5.41, 5.74) is 1.73. The van der Waals surface area contributed by atoms with Gasteiger partial charge in [-0.15, -0.1) is 11.3 Å². The Morgan fingerprint density at radius 1 is 1.12 bits per heavy atom. The molecule has 0 aliphatic rings. The summed E-state index contributed by atoms with van der Waals surface area (Å²) in [5, 5.41) is 11.6. The van der Waals surface area contributed by atoms with Gasteiger partial charge in [-0.05, 0) is 42.0 Å². The predicted octanol–water partition coefficient (Wildman–Crippen LogP) is 2.80. The number of rotatable bonds is 8. The molecule has 0 atom stereocenters. The van der Waals surface area contributed by atoms with Crippen LogP contribution in [0.3, 0.4) is 0 Å². The van der Waals surface area contributed by atoms with Crippen LogP contribution < -0.4 is 16.0 Å². The summed E-state index contributed by atoms with van der Waals surface area (Å²) < 4.78 is 0. The smallest absolute Gasteiger partial charge is 0.251 e. The lowest BCUT2D eigenvalue weighted by Gasteiger charge is -2.12. The maximum Gasteiger partial charge on any atom is 0.251 e. The van der Waals surface area contributed by atoms with Crippen LogP contribution in [0.4, 0.5) is 0 Å². The maximum atomic E-state index is 12.0. The zero-order valence-electron chi connectivity index (χ0n) is 14.8. The Hall–Kier alpha value is -2.34. The first-order chi connectivity index (χ1) is 12.2. The van der Waals surface area contributed by atoms with E-state index < -0.39 is 0 Å². The lowest BCUT2D eigenvalue weighted by Crippen LogP contribution is -2.37. The number of carbonyl (C=O) groups excluding carboxylic acids is 1. The fourth-order valence-electron chi connectivity index (χ4n) is 2.33. The van der Waals surface area contributed by atoms with E-state index in [0.29, 0.717) is 18.7 Å². The Labute approximate surface area is 153 Å². The number of guanidine groups is 1. The molecule has 6 heteroatoms. The van der Waals surface area contributed by atoms with Gasteiger partial charge < -0.3 is 16.0 Å². The third kappa shape index (κ3) is 6.58. The monoisotopic (exact) mass is 358 g/mol. The molecule has 0 fully saturated rings. The Bertz CT molecular complexity index is 682. The second kappa shape index (κ2) is 10.5. The van der Waals surface area contributed by atoms with Crippen molar-refractivity contribution in [2.45, 2.75) is 26.3 Å². The van der Waals surface area contributed by atoms with Gasteiger partial charge in [0.25, 0.3) is 5.91 Å². The quantitative estimate of drug-likeness (QED) is 0.502. The van der Waals surface area contributed by atoms with Gasteiger partial charge in [-0.25, -0.2) is 0 Å². The highest BCUT2D eigenvalue weighted by atomic mass is 32.1. The van der Waals surface area contributed by atoms with Gasteiger partial charge in [0.15, 0.2) is 5.96 Å². The predicted molar refractivity (Wildman–Crippen MR) is 105 cm³/mol. The molecule has 25 heavy (non-hydrogen) atoms.